The lowest BCUT2D eigenvalue weighted by atomic mass is 9.95. The molecule has 0 heterocycles. The van der Waals surface area contributed by atoms with Crippen LogP contribution in [0.2, 0.25) is 5.02 Å². The zero-order valence-corrected chi connectivity index (χ0v) is 12.5. The van der Waals surface area contributed by atoms with Crippen molar-refractivity contribution in [1.82, 2.24) is 5.32 Å². The molecule has 1 rings (SSSR count). The molecule has 0 radical (unpaired) electrons. The maximum atomic E-state index is 11.9. The number of carbonyl (C=O) groups is 1. The van der Waals surface area contributed by atoms with E-state index in [2.05, 4.69) is 19.2 Å². The highest BCUT2D eigenvalue weighted by Gasteiger charge is 2.22. The summed E-state index contributed by atoms with van der Waals surface area (Å²) >= 11 is 5.95. The zero-order chi connectivity index (χ0) is 14.5. The van der Waals surface area contributed by atoms with Gasteiger partial charge in [0.1, 0.15) is 0 Å². The van der Waals surface area contributed by atoms with Crippen LogP contribution in [0.5, 0.6) is 0 Å². The third kappa shape index (κ3) is 5.62. The summed E-state index contributed by atoms with van der Waals surface area (Å²) in [7, 11) is 0. The van der Waals surface area contributed by atoms with Crippen LogP contribution in [0.25, 0.3) is 0 Å². The molecular weight excluding hydrogens is 262 g/mol. The van der Waals surface area contributed by atoms with Crippen LogP contribution in [0.3, 0.4) is 0 Å². The first-order chi connectivity index (χ1) is 8.82. The maximum absolute atomic E-state index is 11.9. The van der Waals surface area contributed by atoms with Gasteiger partial charge in [-0.25, -0.2) is 0 Å². The van der Waals surface area contributed by atoms with Gasteiger partial charge in [0.2, 0.25) is 0 Å². The third-order valence-electron chi connectivity index (χ3n) is 3.01. The molecular formula is C15H22ClNO2. The molecule has 3 nitrogen and oxygen atoms in total. The van der Waals surface area contributed by atoms with Gasteiger partial charge in [-0.3, -0.25) is 4.79 Å². The van der Waals surface area contributed by atoms with Crippen molar-refractivity contribution in [2.45, 2.75) is 39.2 Å². The molecule has 0 spiro atoms. The molecule has 0 aliphatic carbocycles. The highest BCUT2D eigenvalue weighted by molar-refractivity contribution is 6.33. The van der Waals surface area contributed by atoms with Gasteiger partial charge in [-0.05, 0) is 37.8 Å². The van der Waals surface area contributed by atoms with Gasteiger partial charge in [0.25, 0.3) is 5.91 Å². The van der Waals surface area contributed by atoms with Gasteiger partial charge in [0.05, 0.1) is 16.2 Å². The number of nitrogens with one attached hydrogen (secondary N) is 1. The molecule has 0 fully saturated rings. The first-order valence-electron chi connectivity index (χ1n) is 6.57. The Kier molecular flexibility index (Phi) is 5.83. The zero-order valence-electron chi connectivity index (χ0n) is 11.7. The molecule has 2 N–H and O–H groups in total. The van der Waals surface area contributed by atoms with Gasteiger partial charge in [-0.1, -0.05) is 37.6 Å². The topological polar surface area (TPSA) is 49.3 Å². The molecule has 19 heavy (non-hydrogen) atoms. The Hall–Kier alpha value is -1.06. The quantitative estimate of drug-likeness (QED) is 0.842. The summed E-state index contributed by atoms with van der Waals surface area (Å²) in [5.41, 5.74) is -0.454. The van der Waals surface area contributed by atoms with Gasteiger partial charge >= 0.3 is 0 Å². The number of carbonyl (C=O) groups excluding carboxylic acids is 1. The molecule has 106 valence electrons. The number of benzene rings is 1. The van der Waals surface area contributed by atoms with E-state index in [0.29, 0.717) is 22.9 Å². The Balaban J connectivity index is 2.52. The van der Waals surface area contributed by atoms with Crippen molar-refractivity contribution in [2.24, 2.45) is 5.92 Å². The summed E-state index contributed by atoms with van der Waals surface area (Å²) < 4.78 is 0. The van der Waals surface area contributed by atoms with Crippen molar-refractivity contribution in [1.29, 1.82) is 0 Å². The van der Waals surface area contributed by atoms with Crippen molar-refractivity contribution < 1.29 is 9.90 Å². The van der Waals surface area contributed by atoms with Crippen LogP contribution in [0.15, 0.2) is 24.3 Å². The summed E-state index contributed by atoms with van der Waals surface area (Å²) in [5.74, 6) is 0.279. The standard InChI is InChI=1S/C15H22ClNO2/c1-11(2)8-9-15(3,19)10-17-14(18)12-6-4-5-7-13(12)16/h4-7,11,19H,8-10H2,1-3H3,(H,17,18). The normalized spacial score (nSPS) is 14.2. The molecule has 0 bridgehead atoms. The smallest absolute Gasteiger partial charge is 0.252 e. The van der Waals surface area contributed by atoms with E-state index in [0.717, 1.165) is 6.42 Å². The van der Waals surface area contributed by atoms with E-state index in [1.165, 1.54) is 0 Å². The number of hydrogen-bond donors (Lipinski definition) is 2. The molecule has 1 aromatic rings. The fourth-order valence-corrected chi connectivity index (χ4v) is 1.92. The number of rotatable bonds is 6. The van der Waals surface area contributed by atoms with E-state index < -0.39 is 5.60 Å². The summed E-state index contributed by atoms with van der Waals surface area (Å²) in [6, 6.07) is 6.88. The molecule has 4 heteroatoms. The van der Waals surface area contributed by atoms with Crippen LogP contribution in [0, 0.1) is 5.92 Å². The Morgan fingerprint density at radius 2 is 2.05 bits per heavy atom. The molecule has 0 aliphatic heterocycles. The van der Waals surface area contributed by atoms with Crippen LogP contribution in [-0.4, -0.2) is 23.2 Å². The molecule has 1 atom stereocenters. The summed E-state index contributed by atoms with van der Waals surface area (Å²) in [5, 5.41) is 13.3. The van der Waals surface area contributed by atoms with Gasteiger partial charge in [0, 0.05) is 6.54 Å². The molecule has 0 aliphatic rings. The lowest BCUT2D eigenvalue weighted by molar-refractivity contribution is 0.0429. The average Bonchev–Trinajstić information content (AvgIpc) is 2.34. The van der Waals surface area contributed by atoms with Crippen LogP contribution in [0.1, 0.15) is 44.0 Å². The van der Waals surface area contributed by atoms with Crippen LogP contribution in [0.4, 0.5) is 0 Å². The van der Waals surface area contributed by atoms with Gasteiger partial charge in [0.15, 0.2) is 0 Å². The lowest BCUT2D eigenvalue weighted by Crippen LogP contribution is -2.40. The molecule has 1 unspecified atom stereocenters. The minimum atomic E-state index is -0.888. The van der Waals surface area contributed by atoms with E-state index >= 15 is 0 Å². The van der Waals surface area contributed by atoms with E-state index in [9.17, 15) is 9.90 Å². The summed E-state index contributed by atoms with van der Waals surface area (Å²) in [4.78, 5) is 11.9. The first-order valence-corrected chi connectivity index (χ1v) is 6.95. The molecule has 0 aromatic heterocycles. The average molecular weight is 284 g/mol. The number of hydrogen-bond acceptors (Lipinski definition) is 2. The maximum Gasteiger partial charge on any atom is 0.252 e. The molecule has 0 saturated heterocycles. The predicted octanol–water partition coefficient (Wildman–Crippen LogP) is 3.26. The van der Waals surface area contributed by atoms with Crippen molar-refractivity contribution in [3.8, 4) is 0 Å². The van der Waals surface area contributed by atoms with Crippen LogP contribution in [-0.2, 0) is 0 Å². The third-order valence-corrected chi connectivity index (χ3v) is 3.34. The Bertz CT molecular complexity index is 430. The van der Waals surface area contributed by atoms with Crippen molar-refractivity contribution in [3.05, 3.63) is 34.9 Å². The van der Waals surface area contributed by atoms with E-state index in [1.54, 1.807) is 31.2 Å². The second kappa shape index (κ2) is 6.92. The number of halogens is 1. The largest absolute Gasteiger partial charge is 0.388 e. The van der Waals surface area contributed by atoms with Crippen LogP contribution >= 0.6 is 11.6 Å². The molecule has 1 amide bonds. The summed E-state index contributed by atoms with van der Waals surface area (Å²) in [6.45, 7) is 6.18. The number of aliphatic hydroxyl groups is 1. The van der Waals surface area contributed by atoms with Gasteiger partial charge in [-0.2, -0.15) is 0 Å². The highest BCUT2D eigenvalue weighted by atomic mass is 35.5. The van der Waals surface area contributed by atoms with Crippen molar-refractivity contribution in [3.63, 3.8) is 0 Å². The highest BCUT2D eigenvalue weighted by Crippen LogP contribution is 2.17. The van der Waals surface area contributed by atoms with Crippen molar-refractivity contribution >= 4 is 17.5 Å². The fourth-order valence-electron chi connectivity index (χ4n) is 1.70. The van der Waals surface area contributed by atoms with Gasteiger partial charge < -0.3 is 10.4 Å². The van der Waals surface area contributed by atoms with Crippen molar-refractivity contribution in [2.75, 3.05) is 6.54 Å². The lowest BCUT2D eigenvalue weighted by Gasteiger charge is -2.24. The Labute approximate surface area is 120 Å². The first kappa shape index (κ1) is 16.0. The minimum Gasteiger partial charge on any atom is -0.388 e. The number of amides is 1. The van der Waals surface area contributed by atoms with Crippen LogP contribution < -0.4 is 5.32 Å². The van der Waals surface area contributed by atoms with E-state index in [1.807, 2.05) is 0 Å². The monoisotopic (exact) mass is 283 g/mol. The SMILES string of the molecule is CC(C)CCC(C)(O)CNC(=O)c1ccccc1Cl. The fraction of sp³-hybridized carbons (Fsp3) is 0.533. The van der Waals surface area contributed by atoms with E-state index in [4.69, 9.17) is 11.6 Å². The Morgan fingerprint density at radius 1 is 1.42 bits per heavy atom. The van der Waals surface area contributed by atoms with E-state index in [-0.39, 0.29) is 12.5 Å². The minimum absolute atomic E-state index is 0.226. The summed E-state index contributed by atoms with van der Waals surface area (Å²) in [6.07, 6.45) is 1.59. The predicted molar refractivity (Wildman–Crippen MR) is 78.5 cm³/mol. The second-order valence-electron chi connectivity index (χ2n) is 5.59. The molecule has 0 saturated carbocycles. The Morgan fingerprint density at radius 3 is 2.63 bits per heavy atom. The second-order valence-corrected chi connectivity index (χ2v) is 6.00. The van der Waals surface area contributed by atoms with Gasteiger partial charge in [-0.15, -0.1) is 0 Å². The molecule has 1 aromatic carbocycles.